The molecule has 1 atom stereocenters. The largest absolute Gasteiger partial charge is 0.495 e. The van der Waals surface area contributed by atoms with Crippen LogP contribution in [-0.4, -0.2) is 59.0 Å². The summed E-state index contributed by atoms with van der Waals surface area (Å²) in [5.41, 5.74) is 1.75. The third-order valence-corrected chi connectivity index (χ3v) is 7.62. The Morgan fingerprint density at radius 2 is 1.79 bits per heavy atom. The first kappa shape index (κ1) is 22.6. The van der Waals surface area contributed by atoms with Crippen molar-refractivity contribution >= 4 is 29.0 Å². The molecule has 0 unspecified atom stereocenters. The second-order valence-electron chi connectivity index (χ2n) is 7.64. The molecule has 174 valence electrons. The number of nitrogens with zero attached hydrogens (tertiary/aromatic N) is 4. The molecule has 7 nitrogen and oxygen atoms in total. The van der Waals surface area contributed by atoms with Crippen LogP contribution in [0.25, 0.3) is 16.4 Å². The summed E-state index contributed by atoms with van der Waals surface area (Å²) < 4.78 is 13.1. The number of carbonyl (C=O) groups excluding carboxylic acids is 1. The minimum Gasteiger partial charge on any atom is -0.495 e. The number of morpholine rings is 1. The van der Waals surface area contributed by atoms with Gasteiger partial charge in [0.1, 0.15) is 11.0 Å². The highest BCUT2D eigenvalue weighted by atomic mass is 32.2. The van der Waals surface area contributed by atoms with Crippen molar-refractivity contribution in [3.63, 3.8) is 0 Å². The molecule has 1 saturated heterocycles. The Balaban J connectivity index is 1.59. The summed E-state index contributed by atoms with van der Waals surface area (Å²) in [4.78, 5) is 16.5. The summed E-state index contributed by atoms with van der Waals surface area (Å²) in [7, 11) is 1.65. The Labute approximate surface area is 206 Å². The van der Waals surface area contributed by atoms with E-state index in [-0.39, 0.29) is 5.91 Å². The quantitative estimate of drug-likeness (QED) is 0.349. The Kier molecular flexibility index (Phi) is 6.94. The fourth-order valence-corrected chi connectivity index (χ4v) is 5.72. The Hall–Kier alpha value is -3.14. The molecule has 0 saturated carbocycles. The fourth-order valence-electron chi connectivity index (χ4n) is 3.89. The van der Waals surface area contributed by atoms with Gasteiger partial charge in [0.25, 0.3) is 0 Å². The van der Waals surface area contributed by atoms with Crippen molar-refractivity contribution in [2.45, 2.75) is 10.4 Å². The van der Waals surface area contributed by atoms with E-state index in [1.165, 1.54) is 11.8 Å². The molecule has 4 aromatic rings. The van der Waals surface area contributed by atoms with Gasteiger partial charge in [0, 0.05) is 13.1 Å². The molecular weight excluding hydrogens is 468 g/mol. The number of rotatable bonds is 7. The summed E-state index contributed by atoms with van der Waals surface area (Å²) in [6.45, 7) is 2.28. The zero-order valence-corrected chi connectivity index (χ0v) is 20.3. The first-order chi connectivity index (χ1) is 16.8. The molecule has 0 spiro atoms. The summed E-state index contributed by atoms with van der Waals surface area (Å²) in [6, 6.07) is 21.6. The van der Waals surface area contributed by atoms with E-state index in [1.54, 1.807) is 18.4 Å². The molecule has 1 aliphatic rings. The topological polar surface area (TPSA) is 69.5 Å². The number of thiophene rings is 1. The standard InChI is InChI=1S/C25H24N4O3S2/c1-31-20-11-6-5-10-19(20)29-23(21-12-7-17-33-21)26-27-25(29)34-22(18-8-3-2-4-9-18)24(30)28-13-15-32-16-14-28/h2-12,17,22H,13-16H2,1H3/t22-/m1/s1. The zero-order valence-electron chi connectivity index (χ0n) is 18.7. The normalized spacial score (nSPS) is 14.7. The van der Waals surface area contributed by atoms with Crippen molar-refractivity contribution in [1.29, 1.82) is 0 Å². The third-order valence-electron chi connectivity index (χ3n) is 5.57. The number of amides is 1. The SMILES string of the molecule is COc1ccccc1-n1c(S[C@@H](C(=O)N2CCOCC2)c2ccccc2)nnc1-c1cccs1. The highest BCUT2D eigenvalue weighted by Gasteiger charge is 2.31. The number of hydrogen-bond donors (Lipinski definition) is 0. The molecule has 0 aliphatic carbocycles. The van der Waals surface area contributed by atoms with Gasteiger partial charge in [-0.25, -0.2) is 0 Å². The maximum absolute atomic E-state index is 13.7. The van der Waals surface area contributed by atoms with E-state index in [0.29, 0.717) is 43.0 Å². The molecule has 5 rings (SSSR count). The summed E-state index contributed by atoms with van der Waals surface area (Å²) >= 11 is 3.00. The molecule has 1 amide bonds. The first-order valence-corrected chi connectivity index (χ1v) is 12.7. The zero-order chi connectivity index (χ0) is 23.3. The van der Waals surface area contributed by atoms with Crippen molar-refractivity contribution < 1.29 is 14.3 Å². The maximum Gasteiger partial charge on any atom is 0.240 e. The molecule has 1 fully saturated rings. The summed E-state index contributed by atoms with van der Waals surface area (Å²) in [6.07, 6.45) is 0. The van der Waals surface area contributed by atoms with Crippen molar-refractivity contribution in [2.24, 2.45) is 0 Å². The van der Waals surface area contributed by atoms with Crippen molar-refractivity contribution in [3.8, 4) is 22.1 Å². The van der Waals surface area contributed by atoms with Gasteiger partial charge in [0.05, 0.1) is 30.9 Å². The lowest BCUT2D eigenvalue weighted by atomic mass is 10.1. The van der Waals surface area contributed by atoms with Gasteiger partial charge in [0.15, 0.2) is 11.0 Å². The Morgan fingerprint density at radius 1 is 1.03 bits per heavy atom. The highest BCUT2D eigenvalue weighted by molar-refractivity contribution is 8.00. The van der Waals surface area contributed by atoms with Gasteiger partial charge in [0.2, 0.25) is 5.91 Å². The highest BCUT2D eigenvalue weighted by Crippen LogP contribution is 2.40. The average molecular weight is 493 g/mol. The van der Waals surface area contributed by atoms with Crippen LogP contribution in [0.2, 0.25) is 0 Å². The van der Waals surface area contributed by atoms with Gasteiger partial charge in [-0.2, -0.15) is 0 Å². The minimum atomic E-state index is -0.465. The number of para-hydroxylation sites is 2. The average Bonchev–Trinajstić information content (AvgIpc) is 3.58. The molecule has 0 radical (unpaired) electrons. The van der Waals surface area contributed by atoms with Crippen molar-refractivity contribution in [3.05, 3.63) is 77.7 Å². The van der Waals surface area contributed by atoms with E-state index >= 15 is 0 Å². The van der Waals surface area contributed by atoms with Gasteiger partial charge in [-0.3, -0.25) is 9.36 Å². The van der Waals surface area contributed by atoms with Crippen LogP contribution in [0.1, 0.15) is 10.8 Å². The van der Waals surface area contributed by atoms with E-state index in [4.69, 9.17) is 9.47 Å². The molecule has 2 aromatic heterocycles. The van der Waals surface area contributed by atoms with Gasteiger partial charge in [-0.1, -0.05) is 60.3 Å². The number of methoxy groups -OCH3 is 1. The third kappa shape index (κ3) is 4.59. The number of benzene rings is 2. The lowest BCUT2D eigenvalue weighted by Gasteiger charge is -2.30. The van der Waals surface area contributed by atoms with Gasteiger partial charge < -0.3 is 14.4 Å². The number of hydrogen-bond acceptors (Lipinski definition) is 7. The number of carbonyl (C=O) groups is 1. The van der Waals surface area contributed by atoms with Crippen LogP contribution in [0.5, 0.6) is 5.75 Å². The van der Waals surface area contributed by atoms with Crippen LogP contribution >= 0.6 is 23.1 Å². The Morgan fingerprint density at radius 3 is 2.53 bits per heavy atom. The monoisotopic (exact) mass is 492 g/mol. The smallest absolute Gasteiger partial charge is 0.240 e. The second kappa shape index (κ2) is 10.4. The number of aromatic nitrogens is 3. The van der Waals surface area contributed by atoms with E-state index in [1.807, 2.05) is 81.6 Å². The van der Waals surface area contributed by atoms with E-state index < -0.39 is 5.25 Å². The molecule has 1 aliphatic heterocycles. The van der Waals surface area contributed by atoms with Crippen LogP contribution < -0.4 is 4.74 Å². The molecule has 0 N–H and O–H groups in total. The fraction of sp³-hybridized carbons (Fsp3) is 0.240. The number of thioether (sulfide) groups is 1. The summed E-state index contributed by atoms with van der Waals surface area (Å²) in [5.74, 6) is 1.47. The molecule has 0 bridgehead atoms. The predicted molar refractivity (Wildman–Crippen MR) is 134 cm³/mol. The molecule has 9 heteroatoms. The van der Waals surface area contributed by atoms with E-state index in [2.05, 4.69) is 10.2 Å². The number of ether oxygens (including phenoxy) is 2. The van der Waals surface area contributed by atoms with Crippen LogP contribution in [0, 0.1) is 0 Å². The minimum absolute atomic E-state index is 0.0479. The first-order valence-electron chi connectivity index (χ1n) is 11.0. The Bertz CT molecular complexity index is 1240. The molecular formula is C25H24N4O3S2. The van der Waals surface area contributed by atoms with Crippen LogP contribution in [-0.2, 0) is 9.53 Å². The second-order valence-corrected chi connectivity index (χ2v) is 9.66. The lowest BCUT2D eigenvalue weighted by Crippen LogP contribution is -2.42. The van der Waals surface area contributed by atoms with Gasteiger partial charge >= 0.3 is 0 Å². The van der Waals surface area contributed by atoms with Crippen molar-refractivity contribution in [2.75, 3.05) is 33.4 Å². The van der Waals surface area contributed by atoms with Crippen LogP contribution in [0.3, 0.4) is 0 Å². The molecule has 34 heavy (non-hydrogen) atoms. The predicted octanol–water partition coefficient (Wildman–Crippen LogP) is 4.70. The maximum atomic E-state index is 13.7. The molecule has 2 aromatic carbocycles. The van der Waals surface area contributed by atoms with Crippen LogP contribution in [0.4, 0.5) is 0 Å². The van der Waals surface area contributed by atoms with Crippen LogP contribution in [0.15, 0.2) is 77.3 Å². The summed E-state index contributed by atoms with van der Waals surface area (Å²) in [5, 5.41) is 11.3. The van der Waals surface area contributed by atoms with E-state index in [9.17, 15) is 4.79 Å². The lowest BCUT2D eigenvalue weighted by molar-refractivity contribution is -0.134. The van der Waals surface area contributed by atoms with Gasteiger partial charge in [-0.15, -0.1) is 21.5 Å². The van der Waals surface area contributed by atoms with Gasteiger partial charge in [-0.05, 0) is 29.1 Å². The molecule has 3 heterocycles. The van der Waals surface area contributed by atoms with Crippen molar-refractivity contribution in [1.82, 2.24) is 19.7 Å². The van der Waals surface area contributed by atoms with E-state index in [0.717, 1.165) is 16.1 Å².